The van der Waals surface area contributed by atoms with E-state index in [1.807, 2.05) is 11.8 Å². The average molecular weight is 261 g/mol. The average Bonchev–Trinajstić information content (AvgIpc) is 2.15. The fraction of sp³-hybridized carbons (Fsp3) is 0.500. The van der Waals surface area contributed by atoms with Crippen LogP contribution in [0.25, 0.3) is 5.57 Å². The number of allylic oxidation sites excluding steroid dienone is 1. The molecule has 0 amide bonds. The topological polar surface area (TPSA) is 12.0 Å². The molecular weight excluding hydrogens is 238 g/mol. The molecule has 0 bridgehead atoms. The molecule has 18 heavy (non-hydrogen) atoms. The highest BCUT2D eigenvalue weighted by Crippen LogP contribution is 2.38. The predicted octanol–water partition coefficient (Wildman–Crippen LogP) is 5.18. The largest absolute Gasteiger partial charge is 0.376 e. The first-order valence-electron chi connectivity index (χ1n) is 6.47. The molecule has 2 rings (SSSR count). The Morgan fingerprint density at radius 1 is 1.17 bits per heavy atom. The van der Waals surface area contributed by atoms with Crippen LogP contribution in [0, 0.1) is 0 Å². The van der Waals surface area contributed by atoms with E-state index in [2.05, 4.69) is 71.1 Å². The molecule has 1 aromatic rings. The predicted molar refractivity (Wildman–Crippen MR) is 83.4 cm³/mol. The molecule has 0 saturated heterocycles. The highest BCUT2D eigenvalue weighted by atomic mass is 32.2. The quantitative estimate of drug-likeness (QED) is 0.699. The third-order valence-electron chi connectivity index (χ3n) is 2.87. The number of anilines is 1. The summed E-state index contributed by atoms with van der Waals surface area (Å²) < 4.78 is 0.257. The van der Waals surface area contributed by atoms with Crippen LogP contribution in [0.5, 0.6) is 0 Å². The van der Waals surface area contributed by atoms with Crippen LogP contribution in [-0.2, 0) is 0 Å². The number of hydrogen-bond acceptors (Lipinski definition) is 2. The summed E-state index contributed by atoms with van der Waals surface area (Å²) in [7, 11) is 0. The van der Waals surface area contributed by atoms with E-state index >= 15 is 0 Å². The number of fused-ring (bicyclic) bond motifs is 1. The zero-order chi connectivity index (χ0) is 13.6. The Morgan fingerprint density at radius 2 is 1.83 bits per heavy atom. The van der Waals surface area contributed by atoms with Crippen LogP contribution in [0.1, 0.15) is 47.1 Å². The van der Waals surface area contributed by atoms with Crippen molar-refractivity contribution in [1.29, 1.82) is 0 Å². The third-order valence-corrected chi connectivity index (χ3v) is 3.98. The zero-order valence-corrected chi connectivity index (χ0v) is 13.0. The molecule has 1 N–H and O–H groups in total. The summed E-state index contributed by atoms with van der Waals surface area (Å²) in [5.74, 6) is 0. The second-order valence-electron chi connectivity index (χ2n) is 6.60. The highest BCUT2D eigenvalue weighted by Gasteiger charge is 2.23. The number of benzene rings is 1. The van der Waals surface area contributed by atoms with Gasteiger partial charge in [-0.3, -0.25) is 0 Å². The van der Waals surface area contributed by atoms with Crippen molar-refractivity contribution in [3.8, 4) is 0 Å². The Hall–Kier alpha value is -0.890. The van der Waals surface area contributed by atoms with Gasteiger partial charge in [0.2, 0.25) is 0 Å². The summed E-state index contributed by atoms with van der Waals surface area (Å²) in [6, 6.07) is 6.73. The molecule has 0 radical (unpaired) electrons. The minimum atomic E-state index is 0.0514. The minimum Gasteiger partial charge on any atom is -0.376 e. The van der Waals surface area contributed by atoms with E-state index in [1.54, 1.807) is 0 Å². The van der Waals surface area contributed by atoms with Crippen LogP contribution in [0.15, 0.2) is 29.2 Å². The summed E-state index contributed by atoms with van der Waals surface area (Å²) >= 11 is 1.92. The van der Waals surface area contributed by atoms with Gasteiger partial charge in [0.25, 0.3) is 0 Å². The molecule has 0 aromatic heterocycles. The summed E-state index contributed by atoms with van der Waals surface area (Å²) in [5, 5.41) is 3.57. The molecule has 1 aliphatic rings. The van der Waals surface area contributed by atoms with E-state index in [0.717, 1.165) is 0 Å². The van der Waals surface area contributed by atoms with Crippen LogP contribution in [-0.4, -0.2) is 10.3 Å². The molecule has 0 unspecified atom stereocenters. The van der Waals surface area contributed by atoms with Gasteiger partial charge in [-0.15, -0.1) is 11.8 Å². The summed E-state index contributed by atoms with van der Waals surface area (Å²) in [4.78, 5) is 1.34. The number of rotatable bonds is 1. The van der Waals surface area contributed by atoms with E-state index in [-0.39, 0.29) is 10.3 Å². The Labute approximate surface area is 115 Å². The summed E-state index contributed by atoms with van der Waals surface area (Å²) in [5.41, 5.74) is 4.00. The maximum Gasteiger partial charge on any atom is 0.0505 e. The molecule has 1 aliphatic heterocycles. The van der Waals surface area contributed by atoms with Gasteiger partial charge in [0.15, 0.2) is 0 Å². The summed E-state index contributed by atoms with van der Waals surface area (Å²) in [6.07, 6.45) is 2.31. The van der Waals surface area contributed by atoms with E-state index in [4.69, 9.17) is 0 Å². The molecule has 0 saturated carbocycles. The molecule has 1 heterocycles. The van der Waals surface area contributed by atoms with Crippen molar-refractivity contribution in [2.24, 2.45) is 0 Å². The van der Waals surface area contributed by atoms with Gasteiger partial charge in [-0.2, -0.15) is 0 Å². The third kappa shape index (κ3) is 3.11. The maximum absolute atomic E-state index is 3.57. The molecule has 98 valence electrons. The molecule has 0 aliphatic carbocycles. The van der Waals surface area contributed by atoms with Gasteiger partial charge in [-0.1, -0.05) is 26.8 Å². The van der Waals surface area contributed by atoms with Gasteiger partial charge in [0.1, 0.15) is 0 Å². The second kappa shape index (κ2) is 4.34. The van der Waals surface area contributed by atoms with Crippen LogP contribution < -0.4 is 5.32 Å². The molecule has 2 heteroatoms. The van der Waals surface area contributed by atoms with Crippen molar-refractivity contribution in [2.45, 2.75) is 56.7 Å². The highest BCUT2D eigenvalue weighted by molar-refractivity contribution is 8.00. The number of nitrogens with one attached hydrogen (secondary N) is 1. The molecule has 1 nitrogen and oxygen atoms in total. The summed E-state index contributed by atoms with van der Waals surface area (Å²) in [6.45, 7) is 13.4. The van der Waals surface area contributed by atoms with Crippen molar-refractivity contribution in [3.63, 3.8) is 0 Å². The van der Waals surface area contributed by atoms with Crippen molar-refractivity contribution >= 4 is 23.0 Å². The number of hydrogen-bond donors (Lipinski definition) is 1. The smallest absolute Gasteiger partial charge is 0.0505 e. The lowest BCUT2D eigenvalue weighted by molar-refractivity contribution is 0.707. The van der Waals surface area contributed by atoms with Gasteiger partial charge < -0.3 is 5.32 Å². The van der Waals surface area contributed by atoms with Crippen LogP contribution in [0.2, 0.25) is 0 Å². The van der Waals surface area contributed by atoms with Gasteiger partial charge in [0, 0.05) is 20.9 Å². The first kappa shape index (κ1) is 13.5. The molecule has 0 atom stereocenters. The first-order chi connectivity index (χ1) is 8.16. The van der Waals surface area contributed by atoms with Crippen molar-refractivity contribution < 1.29 is 0 Å². The normalized spacial score (nSPS) is 17.8. The van der Waals surface area contributed by atoms with Gasteiger partial charge >= 0.3 is 0 Å². The van der Waals surface area contributed by atoms with E-state index < -0.39 is 0 Å². The van der Waals surface area contributed by atoms with E-state index in [1.165, 1.54) is 21.7 Å². The first-order valence-corrected chi connectivity index (χ1v) is 7.29. The Bertz CT molecular complexity index is 492. The molecule has 1 aromatic carbocycles. The van der Waals surface area contributed by atoms with Crippen molar-refractivity contribution in [1.82, 2.24) is 0 Å². The van der Waals surface area contributed by atoms with Crippen LogP contribution in [0.3, 0.4) is 0 Å². The van der Waals surface area contributed by atoms with Crippen molar-refractivity contribution in [3.05, 3.63) is 29.8 Å². The molecular formula is C16H23NS. The Morgan fingerprint density at radius 3 is 2.44 bits per heavy atom. The Kier molecular flexibility index (Phi) is 3.26. The maximum atomic E-state index is 3.57. The number of thioether (sulfide) groups is 1. The lowest BCUT2D eigenvalue weighted by Gasteiger charge is -2.32. The Balaban J connectivity index is 2.37. The molecule has 0 spiro atoms. The van der Waals surface area contributed by atoms with Gasteiger partial charge in [-0.05, 0) is 44.5 Å². The fourth-order valence-corrected chi connectivity index (χ4v) is 3.40. The molecule has 0 fully saturated rings. The SMILES string of the molecule is CC1=CC(C)(C)Nc2ccc(SC(C)(C)C)cc21. The van der Waals surface area contributed by atoms with E-state index in [0.29, 0.717) is 0 Å². The fourth-order valence-electron chi connectivity index (χ4n) is 2.38. The monoisotopic (exact) mass is 261 g/mol. The van der Waals surface area contributed by atoms with Crippen molar-refractivity contribution in [2.75, 3.05) is 5.32 Å². The standard InChI is InChI=1S/C16H23NS/c1-11-10-16(5,6)17-14-8-7-12(9-13(11)14)18-15(2,3)4/h7-10,17H,1-6H3. The van der Waals surface area contributed by atoms with Gasteiger partial charge in [-0.25, -0.2) is 0 Å². The van der Waals surface area contributed by atoms with Crippen LogP contribution in [0.4, 0.5) is 5.69 Å². The van der Waals surface area contributed by atoms with Gasteiger partial charge in [0.05, 0.1) is 5.54 Å². The minimum absolute atomic E-state index is 0.0514. The lowest BCUT2D eigenvalue weighted by Crippen LogP contribution is -2.31. The van der Waals surface area contributed by atoms with Crippen LogP contribution >= 0.6 is 11.8 Å². The zero-order valence-electron chi connectivity index (χ0n) is 12.2. The lowest BCUT2D eigenvalue weighted by atomic mass is 9.91. The second-order valence-corrected chi connectivity index (χ2v) is 8.50. The van der Waals surface area contributed by atoms with E-state index in [9.17, 15) is 0 Å².